The second-order valence-corrected chi connectivity index (χ2v) is 6.30. The lowest BCUT2D eigenvalue weighted by molar-refractivity contribution is -0.138. The van der Waals surface area contributed by atoms with Crippen molar-refractivity contribution in [2.24, 2.45) is 0 Å². The molecule has 0 radical (unpaired) electrons. The minimum absolute atomic E-state index is 0.201. The molecule has 1 aliphatic heterocycles. The molecule has 2 heterocycles. The average molecular weight is 318 g/mol. The van der Waals surface area contributed by atoms with Gasteiger partial charge in [0, 0.05) is 51.2 Å². The number of amides is 1. The molecular weight excluding hydrogens is 288 g/mol. The highest BCUT2D eigenvalue weighted by Gasteiger charge is 2.34. The molecule has 2 unspecified atom stereocenters. The molecule has 5 heteroatoms. The van der Waals surface area contributed by atoms with Gasteiger partial charge in [-0.15, -0.1) is 0 Å². The molecule has 0 bridgehead atoms. The normalized spacial score (nSPS) is 20.2. The van der Waals surface area contributed by atoms with Crippen LogP contribution in [0.4, 0.5) is 0 Å². The van der Waals surface area contributed by atoms with Crippen LogP contribution in [0.2, 0.25) is 0 Å². The van der Waals surface area contributed by atoms with Gasteiger partial charge in [0.15, 0.2) is 0 Å². The average Bonchev–Trinajstić information content (AvgIpc) is 2.57. The van der Waals surface area contributed by atoms with Crippen LogP contribution in [0.25, 0.3) is 0 Å². The third-order valence-electron chi connectivity index (χ3n) is 4.44. The van der Waals surface area contributed by atoms with Gasteiger partial charge in [0.2, 0.25) is 5.91 Å². The van der Waals surface area contributed by atoms with Crippen LogP contribution in [0.15, 0.2) is 24.5 Å². The maximum Gasteiger partial charge on any atom is 0.244 e. The molecule has 1 N–H and O–H groups in total. The smallest absolute Gasteiger partial charge is 0.244 e. The van der Waals surface area contributed by atoms with E-state index in [-0.39, 0.29) is 11.9 Å². The minimum Gasteiger partial charge on any atom is -0.341 e. The number of carbonyl (C=O) groups excluding carboxylic acids is 1. The molecule has 1 aromatic heterocycles. The van der Waals surface area contributed by atoms with Gasteiger partial charge < -0.3 is 10.2 Å². The standard InChI is InChI=1S/C18H30N4O/c1-4-11-21(12-5-2)18(23)17(16-6-8-19-9-7-16)22-13-10-20-14-15(22)3/h6-9,15,17,20H,4-5,10-14H2,1-3H3. The van der Waals surface area contributed by atoms with Crippen LogP contribution >= 0.6 is 0 Å². The summed E-state index contributed by atoms with van der Waals surface area (Å²) in [6.07, 6.45) is 5.55. The van der Waals surface area contributed by atoms with E-state index in [2.05, 4.69) is 36.0 Å². The molecule has 0 spiro atoms. The number of piperazine rings is 1. The van der Waals surface area contributed by atoms with Gasteiger partial charge in [-0.2, -0.15) is 0 Å². The van der Waals surface area contributed by atoms with Crippen molar-refractivity contribution in [3.63, 3.8) is 0 Å². The quantitative estimate of drug-likeness (QED) is 0.836. The highest BCUT2D eigenvalue weighted by atomic mass is 16.2. The molecular formula is C18H30N4O. The Morgan fingerprint density at radius 1 is 1.35 bits per heavy atom. The number of hydrogen-bond donors (Lipinski definition) is 1. The zero-order valence-corrected chi connectivity index (χ0v) is 14.7. The Kier molecular flexibility index (Phi) is 6.99. The van der Waals surface area contributed by atoms with Crippen molar-refractivity contribution in [2.45, 2.75) is 45.7 Å². The molecule has 5 nitrogen and oxygen atoms in total. The first-order valence-corrected chi connectivity index (χ1v) is 8.84. The fourth-order valence-electron chi connectivity index (χ4n) is 3.31. The van der Waals surface area contributed by atoms with Crippen molar-refractivity contribution in [3.05, 3.63) is 30.1 Å². The fourth-order valence-corrected chi connectivity index (χ4v) is 3.31. The number of pyridine rings is 1. The van der Waals surface area contributed by atoms with E-state index in [0.717, 1.165) is 51.1 Å². The van der Waals surface area contributed by atoms with Gasteiger partial charge in [0.25, 0.3) is 0 Å². The van der Waals surface area contributed by atoms with Crippen LogP contribution in [-0.4, -0.2) is 59.5 Å². The van der Waals surface area contributed by atoms with Crippen molar-refractivity contribution < 1.29 is 4.79 Å². The fraction of sp³-hybridized carbons (Fsp3) is 0.667. The second kappa shape index (κ2) is 8.99. The molecule has 1 aromatic rings. The third kappa shape index (κ3) is 4.52. The molecule has 1 fully saturated rings. The summed E-state index contributed by atoms with van der Waals surface area (Å²) >= 11 is 0. The van der Waals surface area contributed by atoms with Gasteiger partial charge in [-0.3, -0.25) is 14.7 Å². The molecule has 128 valence electrons. The Labute approximate surface area is 140 Å². The Morgan fingerprint density at radius 3 is 2.57 bits per heavy atom. The van der Waals surface area contributed by atoms with Crippen molar-refractivity contribution in [2.75, 3.05) is 32.7 Å². The van der Waals surface area contributed by atoms with Gasteiger partial charge in [-0.25, -0.2) is 0 Å². The number of aromatic nitrogens is 1. The third-order valence-corrected chi connectivity index (χ3v) is 4.44. The van der Waals surface area contributed by atoms with Gasteiger partial charge in [-0.05, 0) is 37.5 Å². The Hall–Kier alpha value is -1.46. The lowest BCUT2D eigenvalue weighted by Gasteiger charge is -2.41. The van der Waals surface area contributed by atoms with Gasteiger partial charge >= 0.3 is 0 Å². The Balaban J connectivity index is 2.30. The van der Waals surface area contributed by atoms with Crippen LogP contribution in [0, 0.1) is 0 Å². The number of nitrogens with zero attached hydrogens (tertiary/aromatic N) is 3. The van der Waals surface area contributed by atoms with Crippen LogP contribution < -0.4 is 5.32 Å². The molecule has 0 aromatic carbocycles. The predicted molar refractivity (Wildman–Crippen MR) is 93.2 cm³/mol. The number of nitrogens with one attached hydrogen (secondary N) is 1. The minimum atomic E-state index is -0.201. The molecule has 1 amide bonds. The van der Waals surface area contributed by atoms with E-state index in [0.29, 0.717) is 6.04 Å². The van der Waals surface area contributed by atoms with Crippen LogP contribution in [0.1, 0.15) is 45.2 Å². The van der Waals surface area contributed by atoms with Crippen molar-refractivity contribution >= 4 is 5.91 Å². The van der Waals surface area contributed by atoms with Crippen LogP contribution in [-0.2, 0) is 4.79 Å². The summed E-state index contributed by atoms with van der Waals surface area (Å²) in [5.41, 5.74) is 1.05. The lowest BCUT2D eigenvalue weighted by Crippen LogP contribution is -2.54. The van der Waals surface area contributed by atoms with E-state index in [1.807, 2.05) is 17.0 Å². The molecule has 2 rings (SSSR count). The lowest BCUT2D eigenvalue weighted by atomic mass is 10.0. The summed E-state index contributed by atoms with van der Waals surface area (Å²) in [7, 11) is 0. The monoisotopic (exact) mass is 318 g/mol. The molecule has 1 aliphatic rings. The summed E-state index contributed by atoms with van der Waals surface area (Å²) in [6.45, 7) is 10.9. The highest BCUT2D eigenvalue weighted by molar-refractivity contribution is 5.83. The summed E-state index contributed by atoms with van der Waals surface area (Å²) in [5, 5.41) is 3.41. The molecule has 1 saturated heterocycles. The molecule has 0 aliphatic carbocycles. The summed E-state index contributed by atoms with van der Waals surface area (Å²) in [6, 6.07) is 4.10. The first-order chi connectivity index (χ1) is 11.2. The Bertz CT molecular complexity index is 473. The summed E-state index contributed by atoms with van der Waals surface area (Å²) in [5.74, 6) is 0.230. The van der Waals surface area contributed by atoms with Gasteiger partial charge in [0.1, 0.15) is 6.04 Å². The van der Waals surface area contributed by atoms with Gasteiger partial charge in [0.05, 0.1) is 0 Å². The molecule has 0 saturated carbocycles. The van der Waals surface area contributed by atoms with E-state index in [4.69, 9.17) is 0 Å². The topological polar surface area (TPSA) is 48.5 Å². The predicted octanol–water partition coefficient (Wildman–Crippen LogP) is 2.06. The van der Waals surface area contributed by atoms with E-state index in [9.17, 15) is 4.79 Å². The van der Waals surface area contributed by atoms with Crippen molar-refractivity contribution in [1.82, 2.24) is 20.1 Å². The Morgan fingerprint density at radius 2 is 2.00 bits per heavy atom. The second-order valence-electron chi connectivity index (χ2n) is 6.30. The van der Waals surface area contributed by atoms with E-state index in [1.165, 1.54) is 0 Å². The number of carbonyl (C=O) groups is 1. The number of rotatable bonds is 7. The largest absolute Gasteiger partial charge is 0.341 e. The maximum absolute atomic E-state index is 13.3. The summed E-state index contributed by atoms with van der Waals surface area (Å²) < 4.78 is 0. The van der Waals surface area contributed by atoms with Crippen LogP contribution in [0.3, 0.4) is 0 Å². The zero-order chi connectivity index (χ0) is 16.7. The van der Waals surface area contributed by atoms with Crippen molar-refractivity contribution in [1.29, 1.82) is 0 Å². The van der Waals surface area contributed by atoms with Crippen molar-refractivity contribution in [3.8, 4) is 0 Å². The molecule has 2 atom stereocenters. The summed E-state index contributed by atoms with van der Waals surface area (Å²) in [4.78, 5) is 21.8. The van der Waals surface area contributed by atoms with Gasteiger partial charge in [-0.1, -0.05) is 13.8 Å². The SMILES string of the molecule is CCCN(CCC)C(=O)C(c1ccncc1)N1CCNCC1C. The van der Waals surface area contributed by atoms with E-state index in [1.54, 1.807) is 12.4 Å². The van der Waals surface area contributed by atoms with E-state index < -0.39 is 0 Å². The first kappa shape index (κ1) is 17.9. The first-order valence-electron chi connectivity index (χ1n) is 8.84. The number of hydrogen-bond acceptors (Lipinski definition) is 4. The molecule has 23 heavy (non-hydrogen) atoms. The zero-order valence-electron chi connectivity index (χ0n) is 14.7. The maximum atomic E-state index is 13.3. The van der Waals surface area contributed by atoms with E-state index >= 15 is 0 Å². The highest BCUT2D eigenvalue weighted by Crippen LogP contribution is 2.26. The van der Waals surface area contributed by atoms with Crippen LogP contribution in [0.5, 0.6) is 0 Å².